The highest BCUT2D eigenvalue weighted by Gasteiger charge is 2.26. The Morgan fingerprint density at radius 2 is 2.11 bits per heavy atom. The van der Waals surface area contributed by atoms with Crippen LogP contribution < -0.4 is 10.6 Å². The quantitative estimate of drug-likeness (QED) is 0.876. The summed E-state index contributed by atoms with van der Waals surface area (Å²) in [6.07, 6.45) is 1.78. The lowest BCUT2D eigenvalue weighted by atomic mass is 10.1. The SMILES string of the molecule is CC(C)NC(=O)C(C)NC1CCc2cc(F)ccc21. The largest absolute Gasteiger partial charge is 0.353 e. The fourth-order valence-corrected chi connectivity index (χ4v) is 2.55. The molecule has 4 heteroatoms. The van der Waals surface area contributed by atoms with E-state index in [0.29, 0.717) is 0 Å². The zero-order chi connectivity index (χ0) is 14.0. The number of hydrogen-bond donors (Lipinski definition) is 2. The molecule has 0 spiro atoms. The molecule has 0 radical (unpaired) electrons. The Bertz CT molecular complexity index is 473. The summed E-state index contributed by atoms with van der Waals surface area (Å²) in [6.45, 7) is 5.75. The Kier molecular flexibility index (Phi) is 4.20. The van der Waals surface area contributed by atoms with Gasteiger partial charge < -0.3 is 5.32 Å². The molecule has 104 valence electrons. The Morgan fingerprint density at radius 3 is 2.79 bits per heavy atom. The van der Waals surface area contributed by atoms with E-state index in [9.17, 15) is 9.18 Å². The maximum absolute atomic E-state index is 13.1. The number of carbonyl (C=O) groups is 1. The highest BCUT2D eigenvalue weighted by molar-refractivity contribution is 5.81. The monoisotopic (exact) mass is 264 g/mol. The highest BCUT2D eigenvalue weighted by Crippen LogP contribution is 2.31. The van der Waals surface area contributed by atoms with Gasteiger partial charge in [-0.05, 0) is 56.9 Å². The third-order valence-electron chi connectivity index (χ3n) is 3.46. The van der Waals surface area contributed by atoms with Crippen molar-refractivity contribution in [3.8, 4) is 0 Å². The second-order valence-electron chi connectivity index (χ2n) is 5.49. The molecule has 2 N–H and O–H groups in total. The smallest absolute Gasteiger partial charge is 0.237 e. The van der Waals surface area contributed by atoms with Crippen molar-refractivity contribution in [2.75, 3.05) is 0 Å². The molecule has 0 fully saturated rings. The van der Waals surface area contributed by atoms with Crippen molar-refractivity contribution in [3.63, 3.8) is 0 Å². The van der Waals surface area contributed by atoms with Crippen LogP contribution in [0.15, 0.2) is 18.2 Å². The van der Waals surface area contributed by atoms with Gasteiger partial charge in [0.2, 0.25) is 5.91 Å². The minimum atomic E-state index is -0.247. The molecule has 0 saturated carbocycles. The number of hydrogen-bond acceptors (Lipinski definition) is 2. The Hall–Kier alpha value is -1.42. The first-order chi connectivity index (χ1) is 8.97. The maximum Gasteiger partial charge on any atom is 0.237 e. The van der Waals surface area contributed by atoms with E-state index in [1.54, 1.807) is 6.07 Å². The van der Waals surface area contributed by atoms with Gasteiger partial charge in [-0.15, -0.1) is 0 Å². The van der Waals surface area contributed by atoms with E-state index in [-0.39, 0.29) is 29.8 Å². The number of nitrogens with one attached hydrogen (secondary N) is 2. The number of benzene rings is 1. The summed E-state index contributed by atoms with van der Waals surface area (Å²) in [5, 5.41) is 6.21. The molecule has 0 aromatic heterocycles. The minimum Gasteiger partial charge on any atom is -0.353 e. The van der Waals surface area contributed by atoms with Gasteiger partial charge in [0.15, 0.2) is 0 Å². The van der Waals surface area contributed by atoms with Gasteiger partial charge in [0.05, 0.1) is 6.04 Å². The van der Waals surface area contributed by atoms with Crippen LogP contribution >= 0.6 is 0 Å². The van der Waals surface area contributed by atoms with Crippen LogP contribution in [0, 0.1) is 5.82 Å². The van der Waals surface area contributed by atoms with E-state index >= 15 is 0 Å². The van der Waals surface area contributed by atoms with Gasteiger partial charge in [-0.25, -0.2) is 4.39 Å². The van der Waals surface area contributed by atoms with Crippen molar-refractivity contribution >= 4 is 5.91 Å². The molecule has 1 aromatic rings. The second kappa shape index (κ2) is 5.70. The molecule has 19 heavy (non-hydrogen) atoms. The molecule has 0 bridgehead atoms. The third-order valence-corrected chi connectivity index (χ3v) is 3.46. The zero-order valence-electron chi connectivity index (χ0n) is 11.7. The number of carbonyl (C=O) groups excluding carboxylic acids is 1. The predicted molar refractivity (Wildman–Crippen MR) is 73.3 cm³/mol. The summed E-state index contributed by atoms with van der Waals surface area (Å²) in [7, 11) is 0. The molecule has 2 unspecified atom stereocenters. The van der Waals surface area contributed by atoms with Gasteiger partial charge in [0.25, 0.3) is 0 Å². The van der Waals surface area contributed by atoms with Crippen molar-refractivity contribution in [2.45, 2.75) is 51.7 Å². The fourth-order valence-electron chi connectivity index (χ4n) is 2.55. The van der Waals surface area contributed by atoms with E-state index < -0.39 is 0 Å². The van der Waals surface area contributed by atoms with Crippen LogP contribution in [0.3, 0.4) is 0 Å². The van der Waals surface area contributed by atoms with Gasteiger partial charge in [-0.2, -0.15) is 0 Å². The molecule has 1 aromatic carbocycles. The number of halogens is 1. The number of rotatable bonds is 4. The summed E-state index contributed by atoms with van der Waals surface area (Å²) < 4.78 is 13.1. The predicted octanol–water partition coefficient (Wildman–Crippen LogP) is 2.32. The normalized spacial score (nSPS) is 19.3. The Balaban J connectivity index is 2.01. The lowest BCUT2D eigenvalue weighted by Crippen LogP contribution is -2.45. The maximum atomic E-state index is 13.1. The first-order valence-corrected chi connectivity index (χ1v) is 6.82. The van der Waals surface area contributed by atoms with Crippen LogP contribution in [0.5, 0.6) is 0 Å². The van der Waals surface area contributed by atoms with Crippen LogP contribution in [-0.2, 0) is 11.2 Å². The second-order valence-corrected chi connectivity index (χ2v) is 5.49. The topological polar surface area (TPSA) is 41.1 Å². The molecule has 1 aliphatic rings. The summed E-state index contributed by atoms with van der Waals surface area (Å²) in [6, 6.07) is 4.93. The van der Waals surface area contributed by atoms with E-state index in [1.807, 2.05) is 26.8 Å². The lowest BCUT2D eigenvalue weighted by Gasteiger charge is -2.21. The molecule has 1 aliphatic carbocycles. The molecule has 3 nitrogen and oxygen atoms in total. The summed E-state index contributed by atoms with van der Waals surface area (Å²) in [5.74, 6) is -0.185. The molecule has 0 heterocycles. The van der Waals surface area contributed by atoms with Crippen molar-refractivity contribution in [1.82, 2.24) is 10.6 Å². The molecule has 1 amide bonds. The molecular weight excluding hydrogens is 243 g/mol. The van der Waals surface area contributed by atoms with Gasteiger partial charge in [-0.1, -0.05) is 6.07 Å². The van der Waals surface area contributed by atoms with Gasteiger partial charge in [0.1, 0.15) is 5.82 Å². The molecular formula is C15H21FN2O. The summed E-state index contributed by atoms with van der Waals surface area (Å²) in [5.41, 5.74) is 2.17. The van der Waals surface area contributed by atoms with Crippen molar-refractivity contribution in [3.05, 3.63) is 35.1 Å². The summed E-state index contributed by atoms with van der Waals surface area (Å²) >= 11 is 0. The van der Waals surface area contributed by atoms with E-state index in [2.05, 4.69) is 10.6 Å². The Labute approximate surface area is 113 Å². The number of fused-ring (bicyclic) bond motifs is 1. The number of amides is 1. The fraction of sp³-hybridized carbons (Fsp3) is 0.533. The van der Waals surface area contributed by atoms with Gasteiger partial charge in [-0.3, -0.25) is 10.1 Å². The molecule has 0 aliphatic heterocycles. The van der Waals surface area contributed by atoms with Gasteiger partial charge in [0, 0.05) is 12.1 Å². The van der Waals surface area contributed by atoms with Crippen molar-refractivity contribution < 1.29 is 9.18 Å². The first-order valence-electron chi connectivity index (χ1n) is 6.82. The van der Waals surface area contributed by atoms with Crippen LogP contribution in [0.2, 0.25) is 0 Å². The lowest BCUT2D eigenvalue weighted by molar-refractivity contribution is -0.123. The van der Waals surface area contributed by atoms with Crippen LogP contribution in [-0.4, -0.2) is 18.0 Å². The summed E-state index contributed by atoms with van der Waals surface area (Å²) in [4.78, 5) is 11.9. The minimum absolute atomic E-state index is 0.00515. The molecule has 2 atom stereocenters. The molecule has 2 rings (SSSR count). The highest BCUT2D eigenvalue weighted by atomic mass is 19.1. The zero-order valence-corrected chi connectivity index (χ0v) is 11.7. The van der Waals surface area contributed by atoms with Crippen LogP contribution in [0.25, 0.3) is 0 Å². The number of aryl methyl sites for hydroxylation is 1. The van der Waals surface area contributed by atoms with Gasteiger partial charge >= 0.3 is 0 Å². The Morgan fingerprint density at radius 1 is 1.37 bits per heavy atom. The van der Waals surface area contributed by atoms with E-state index in [0.717, 1.165) is 24.0 Å². The van der Waals surface area contributed by atoms with Crippen LogP contribution in [0.1, 0.15) is 44.4 Å². The van der Waals surface area contributed by atoms with Crippen molar-refractivity contribution in [2.24, 2.45) is 0 Å². The van der Waals surface area contributed by atoms with Crippen LogP contribution in [0.4, 0.5) is 4.39 Å². The molecule has 0 saturated heterocycles. The third kappa shape index (κ3) is 3.32. The average Bonchev–Trinajstić information content (AvgIpc) is 2.70. The first kappa shape index (κ1) is 14.0. The van der Waals surface area contributed by atoms with E-state index in [1.165, 1.54) is 6.07 Å². The average molecular weight is 264 g/mol. The standard InChI is InChI=1S/C15H21FN2O/c1-9(2)17-15(19)10(3)18-14-7-4-11-8-12(16)5-6-13(11)14/h5-6,8-10,14,18H,4,7H2,1-3H3,(H,17,19). The van der Waals surface area contributed by atoms with Crippen molar-refractivity contribution in [1.29, 1.82) is 0 Å². The van der Waals surface area contributed by atoms with E-state index in [4.69, 9.17) is 0 Å².